The average Bonchev–Trinajstić information content (AvgIpc) is 2.64. The summed E-state index contributed by atoms with van der Waals surface area (Å²) in [6, 6.07) is 8.51. The van der Waals surface area contributed by atoms with E-state index in [2.05, 4.69) is 10.6 Å². The van der Waals surface area contributed by atoms with Crippen molar-refractivity contribution < 1.29 is 27.5 Å². The standard InChI is InChI=1S/C17H23N3O6S/c1-27(24,25)20-9-7-14(8-10-20)16(22)26-12-15(21)19-17(23)18-11-13-5-3-2-4-6-13/h2-6,14H,7-12H2,1H3,(H2,18,19,21,23). The van der Waals surface area contributed by atoms with Crippen LogP contribution in [0.1, 0.15) is 18.4 Å². The average molecular weight is 397 g/mol. The van der Waals surface area contributed by atoms with Crippen LogP contribution in [-0.4, -0.2) is 56.6 Å². The summed E-state index contributed by atoms with van der Waals surface area (Å²) in [5.74, 6) is -1.76. The van der Waals surface area contributed by atoms with Crippen molar-refractivity contribution in [1.29, 1.82) is 0 Å². The van der Waals surface area contributed by atoms with Crippen LogP contribution in [0.5, 0.6) is 0 Å². The van der Waals surface area contributed by atoms with Gasteiger partial charge in [0.05, 0.1) is 12.2 Å². The third-order valence-electron chi connectivity index (χ3n) is 4.15. The molecule has 10 heteroatoms. The highest BCUT2D eigenvalue weighted by Gasteiger charge is 2.30. The van der Waals surface area contributed by atoms with Gasteiger partial charge in [-0.15, -0.1) is 0 Å². The number of benzene rings is 1. The van der Waals surface area contributed by atoms with Crippen molar-refractivity contribution in [3.8, 4) is 0 Å². The summed E-state index contributed by atoms with van der Waals surface area (Å²) >= 11 is 0. The van der Waals surface area contributed by atoms with Crippen LogP contribution in [0.3, 0.4) is 0 Å². The van der Waals surface area contributed by atoms with E-state index in [4.69, 9.17) is 4.74 Å². The minimum Gasteiger partial charge on any atom is -0.455 e. The number of amides is 3. The number of carbonyl (C=O) groups excluding carboxylic acids is 3. The highest BCUT2D eigenvalue weighted by atomic mass is 32.2. The van der Waals surface area contributed by atoms with Crippen molar-refractivity contribution in [3.63, 3.8) is 0 Å². The Bertz CT molecular complexity index is 773. The van der Waals surface area contributed by atoms with Crippen LogP contribution in [0.4, 0.5) is 4.79 Å². The van der Waals surface area contributed by atoms with Crippen LogP contribution < -0.4 is 10.6 Å². The van der Waals surface area contributed by atoms with Gasteiger partial charge in [0.1, 0.15) is 0 Å². The van der Waals surface area contributed by atoms with Crippen LogP contribution in [0.2, 0.25) is 0 Å². The van der Waals surface area contributed by atoms with Crippen LogP contribution in [-0.2, 0) is 30.9 Å². The molecule has 0 spiro atoms. The van der Waals surface area contributed by atoms with Crippen molar-refractivity contribution in [2.45, 2.75) is 19.4 Å². The van der Waals surface area contributed by atoms with E-state index in [1.54, 1.807) is 0 Å². The fourth-order valence-corrected chi connectivity index (χ4v) is 3.54. The molecule has 1 fully saturated rings. The molecule has 0 atom stereocenters. The molecule has 1 heterocycles. The second kappa shape index (κ2) is 9.47. The molecule has 0 saturated carbocycles. The van der Waals surface area contributed by atoms with E-state index >= 15 is 0 Å². The second-order valence-corrected chi connectivity index (χ2v) is 8.24. The number of carbonyl (C=O) groups is 3. The molecule has 9 nitrogen and oxygen atoms in total. The first-order chi connectivity index (χ1) is 12.8. The lowest BCUT2D eigenvalue weighted by Gasteiger charge is -2.28. The number of nitrogens with one attached hydrogen (secondary N) is 2. The monoisotopic (exact) mass is 397 g/mol. The maximum absolute atomic E-state index is 12.0. The summed E-state index contributed by atoms with van der Waals surface area (Å²) in [7, 11) is -3.27. The summed E-state index contributed by atoms with van der Waals surface area (Å²) in [5.41, 5.74) is 0.881. The van der Waals surface area contributed by atoms with Gasteiger partial charge in [-0.2, -0.15) is 0 Å². The van der Waals surface area contributed by atoms with Gasteiger partial charge in [-0.05, 0) is 18.4 Å². The molecular formula is C17H23N3O6S. The van der Waals surface area contributed by atoms with E-state index in [1.807, 2.05) is 30.3 Å². The van der Waals surface area contributed by atoms with Gasteiger partial charge < -0.3 is 10.1 Å². The molecule has 0 radical (unpaired) electrons. The van der Waals surface area contributed by atoms with Crippen molar-refractivity contribution in [1.82, 2.24) is 14.9 Å². The van der Waals surface area contributed by atoms with Gasteiger partial charge in [-0.1, -0.05) is 30.3 Å². The summed E-state index contributed by atoms with van der Waals surface area (Å²) in [6.45, 7) is 0.182. The van der Waals surface area contributed by atoms with E-state index in [9.17, 15) is 22.8 Å². The number of sulfonamides is 1. The third-order valence-corrected chi connectivity index (χ3v) is 5.45. The Balaban J connectivity index is 1.66. The Labute approximate surface area is 158 Å². The fourth-order valence-electron chi connectivity index (χ4n) is 2.66. The van der Waals surface area contributed by atoms with Gasteiger partial charge in [-0.25, -0.2) is 17.5 Å². The number of nitrogens with zero attached hydrogens (tertiary/aromatic N) is 1. The first-order valence-electron chi connectivity index (χ1n) is 8.49. The Kier molecular flexibility index (Phi) is 7.31. The Morgan fingerprint density at radius 2 is 1.78 bits per heavy atom. The first kappa shape index (κ1) is 20.8. The molecule has 0 bridgehead atoms. The molecule has 0 unspecified atom stereocenters. The molecule has 0 aromatic heterocycles. The quantitative estimate of drug-likeness (QED) is 0.663. The van der Waals surface area contributed by atoms with Crippen LogP contribution >= 0.6 is 0 Å². The van der Waals surface area contributed by atoms with Crippen molar-refractivity contribution in [2.75, 3.05) is 26.0 Å². The molecule has 2 rings (SSSR count). The zero-order valence-corrected chi connectivity index (χ0v) is 15.8. The van der Waals surface area contributed by atoms with Crippen LogP contribution in [0.15, 0.2) is 30.3 Å². The second-order valence-electron chi connectivity index (χ2n) is 6.26. The molecule has 2 N–H and O–H groups in total. The van der Waals surface area contributed by atoms with Gasteiger partial charge in [0.15, 0.2) is 6.61 Å². The third kappa shape index (κ3) is 6.99. The molecule has 0 aliphatic carbocycles. The van der Waals surface area contributed by atoms with E-state index < -0.39 is 40.5 Å². The largest absolute Gasteiger partial charge is 0.455 e. The number of piperidine rings is 1. The summed E-state index contributed by atoms with van der Waals surface area (Å²) in [6.07, 6.45) is 1.80. The Morgan fingerprint density at radius 1 is 1.15 bits per heavy atom. The maximum Gasteiger partial charge on any atom is 0.321 e. The lowest BCUT2D eigenvalue weighted by atomic mass is 9.98. The smallest absolute Gasteiger partial charge is 0.321 e. The molecule has 1 aromatic carbocycles. The number of hydrogen-bond donors (Lipinski definition) is 2. The number of ether oxygens (including phenoxy) is 1. The van der Waals surface area contributed by atoms with Crippen LogP contribution in [0, 0.1) is 5.92 Å². The lowest BCUT2D eigenvalue weighted by molar-refractivity contribution is -0.153. The fraction of sp³-hybridized carbons (Fsp3) is 0.471. The van der Waals surface area contributed by atoms with Gasteiger partial charge in [0.2, 0.25) is 10.0 Å². The van der Waals surface area contributed by atoms with E-state index in [-0.39, 0.29) is 19.6 Å². The number of rotatable bonds is 6. The molecule has 1 aliphatic rings. The molecular weight excluding hydrogens is 374 g/mol. The maximum atomic E-state index is 12.0. The summed E-state index contributed by atoms with van der Waals surface area (Å²) in [4.78, 5) is 35.3. The number of esters is 1. The Morgan fingerprint density at radius 3 is 2.37 bits per heavy atom. The lowest BCUT2D eigenvalue weighted by Crippen LogP contribution is -2.42. The predicted octanol–water partition coefficient (Wildman–Crippen LogP) is 0.227. The molecule has 3 amide bonds. The number of hydrogen-bond acceptors (Lipinski definition) is 6. The zero-order chi connectivity index (χ0) is 19.9. The number of imide groups is 1. The molecule has 1 aromatic rings. The topological polar surface area (TPSA) is 122 Å². The van der Waals surface area contributed by atoms with E-state index in [0.717, 1.165) is 11.8 Å². The minimum absolute atomic E-state index is 0.243. The van der Waals surface area contributed by atoms with E-state index in [0.29, 0.717) is 12.8 Å². The van der Waals surface area contributed by atoms with E-state index in [1.165, 1.54) is 4.31 Å². The highest BCUT2D eigenvalue weighted by molar-refractivity contribution is 7.88. The Hall–Kier alpha value is -2.46. The van der Waals surface area contributed by atoms with Crippen LogP contribution in [0.25, 0.3) is 0 Å². The van der Waals surface area contributed by atoms with Gasteiger partial charge >= 0.3 is 12.0 Å². The van der Waals surface area contributed by atoms with Crippen molar-refractivity contribution in [2.24, 2.45) is 5.92 Å². The predicted molar refractivity (Wildman–Crippen MR) is 96.9 cm³/mol. The zero-order valence-electron chi connectivity index (χ0n) is 15.0. The normalized spacial score (nSPS) is 15.7. The molecule has 1 saturated heterocycles. The molecule has 27 heavy (non-hydrogen) atoms. The van der Waals surface area contributed by atoms with Gasteiger partial charge in [-0.3, -0.25) is 14.9 Å². The van der Waals surface area contributed by atoms with Gasteiger partial charge in [0.25, 0.3) is 5.91 Å². The summed E-state index contributed by atoms with van der Waals surface area (Å²) in [5, 5.41) is 4.61. The number of urea groups is 1. The highest BCUT2D eigenvalue weighted by Crippen LogP contribution is 2.20. The molecule has 148 valence electrons. The summed E-state index contributed by atoms with van der Waals surface area (Å²) < 4.78 is 29.1. The van der Waals surface area contributed by atoms with Crippen molar-refractivity contribution >= 4 is 27.9 Å². The molecule has 1 aliphatic heterocycles. The van der Waals surface area contributed by atoms with Gasteiger partial charge in [0, 0.05) is 19.6 Å². The first-order valence-corrected chi connectivity index (χ1v) is 10.3. The minimum atomic E-state index is -3.27. The van der Waals surface area contributed by atoms with Crippen molar-refractivity contribution in [3.05, 3.63) is 35.9 Å². The SMILES string of the molecule is CS(=O)(=O)N1CCC(C(=O)OCC(=O)NC(=O)NCc2ccccc2)CC1.